The first-order chi connectivity index (χ1) is 15.6. The summed E-state index contributed by atoms with van der Waals surface area (Å²) in [7, 11) is 0. The van der Waals surface area contributed by atoms with Crippen LogP contribution in [0.2, 0.25) is 0 Å². The molecule has 0 radical (unpaired) electrons. The van der Waals surface area contributed by atoms with Gasteiger partial charge < -0.3 is 9.84 Å². The van der Waals surface area contributed by atoms with E-state index in [-0.39, 0.29) is 6.42 Å². The summed E-state index contributed by atoms with van der Waals surface area (Å²) in [5.74, 6) is -0.192. The molecule has 0 spiro atoms. The minimum Gasteiger partial charge on any atom is -0.491 e. The molecule has 0 bridgehead atoms. The minimum atomic E-state index is -0.860. The van der Waals surface area contributed by atoms with Gasteiger partial charge in [0.1, 0.15) is 19.0 Å². The average Bonchev–Trinajstić information content (AvgIpc) is 2.81. The van der Waals surface area contributed by atoms with Crippen LogP contribution in [-0.4, -0.2) is 29.3 Å². The molecular formula is C26H28N2O4. The molecule has 0 aliphatic carbocycles. The first-order valence-corrected chi connectivity index (χ1v) is 10.6. The van der Waals surface area contributed by atoms with Crippen molar-refractivity contribution >= 4 is 11.7 Å². The number of hydrogen-bond acceptors (Lipinski definition) is 5. The number of nitrogens with one attached hydrogen (secondary N) is 1. The number of carboxylic acid groups (broad SMARTS) is 1. The smallest absolute Gasteiger partial charge is 0.307 e. The zero-order chi connectivity index (χ0) is 22.8. The van der Waals surface area contributed by atoms with Gasteiger partial charge in [-0.2, -0.15) is 0 Å². The average molecular weight is 433 g/mol. The topological polar surface area (TPSA) is 80.7 Å². The van der Waals surface area contributed by atoms with Gasteiger partial charge in [-0.3, -0.25) is 20.1 Å². The van der Waals surface area contributed by atoms with Crippen molar-refractivity contribution in [3.8, 4) is 17.0 Å². The van der Waals surface area contributed by atoms with Gasteiger partial charge in [-0.05, 0) is 48.2 Å². The molecule has 6 heteroatoms. The van der Waals surface area contributed by atoms with Crippen molar-refractivity contribution in [2.75, 3.05) is 13.2 Å². The molecule has 32 heavy (non-hydrogen) atoms. The summed E-state index contributed by atoms with van der Waals surface area (Å²) >= 11 is 0. The summed E-state index contributed by atoms with van der Waals surface area (Å²) in [6.45, 7) is 4.60. The molecule has 0 saturated heterocycles. The lowest BCUT2D eigenvalue weighted by Gasteiger charge is -2.14. The van der Waals surface area contributed by atoms with E-state index in [4.69, 9.17) is 14.7 Å². The summed E-state index contributed by atoms with van der Waals surface area (Å²) in [4.78, 5) is 21.0. The number of ether oxygens (including phenoxy) is 1. The Morgan fingerprint density at radius 2 is 1.88 bits per heavy atom. The van der Waals surface area contributed by atoms with Gasteiger partial charge in [0.25, 0.3) is 0 Å². The van der Waals surface area contributed by atoms with E-state index in [0.29, 0.717) is 19.0 Å². The van der Waals surface area contributed by atoms with Crippen molar-refractivity contribution in [1.29, 1.82) is 0 Å². The fourth-order valence-corrected chi connectivity index (χ4v) is 3.27. The van der Waals surface area contributed by atoms with Crippen molar-refractivity contribution in [1.82, 2.24) is 10.5 Å². The summed E-state index contributed by atoms with van der Waals surface area (Å²) < 4.78 is 5.79. The number of nitrogens with zero attached hydrogens (tertiary/aromatic N) is 1. The highest BCUT2D eigenvalue weighted by Crippen LogP contribution is 2.22. The molecule has 0 aliphatic rings. The zero-order valence-electron chi connectivity index (χ0n) is 18.4. The number of carbonyl (C=O) groups is 1. The largest absolute Gasteiger partial charge is 0.491 e. The third kappa shape index (κ3) is 6.43. The third-order valence-electron chi connectivity index (χ3n) is 4.93. The molecule has 0 amide bonds. The van der Waals surface area contributed by atoms with E-state index < -0.39 is 5.97 Å². The van der Waals surface area contributed by atoms with E-state index in [2.05, 4.69) is 23.5 Å². The van der Waals surface area contributed by atoms with Crippen molar-refractivity contribution in [2.24, 2.45) is 0 Å². The predicted octanol–water partition coefficient (Wildman–Crippen LogP) is 5.04. The second kappa shape index (κ2) is 11.7. The highest BCUT2D eigenvalue weighted by molar-refractivity contribution is 5.71. The number of rotatable bonds is 11. The van der Waals surface area contributed by atoms with Gasteiger partial charge in [-0.15, -0.1) is 0 Å². The normalized spacial score (nSPS) is 11.2. The Morgan fingerprint density at radius 1 is 1.06 bits per heavy atom. The lowest BCUT2D eigenvalue weighted by atomic mass is 10.1. The van der Waals surface area contributed by atoms with Crippen LogP contribution in [0.5, 0.6) is 5.75 Å². The van der Waals surface area contributed by atoms with E-state index >= 15 is 0 Å². The molecule has 3 aromatic rings. The monoisotopic (exact) mass is 432 g/mol. The molecule has 1 aromatic heterocycles. The number of hydrogen-bond donors (Lipinski definition) is 2. The SMILES string of the molecule is CCC=C(NOCCOc1cccc(CC(=O)O)c1C)c1ccc(-c2ccccn2)cc1. The van der Waals surface area contributed by atoms with E-state index in [1.807, 2.05) is 55.5 Å². The van der Waals surface area contributed by atoms with E-state index in [0.717, 1.165) is 40.1 Å². The Bertz CT molecular complexity index is 1050. The van der Waals surface area contributed by atoms with Crippen LogP contribution in [0.1, 0.15) is 30.0 Å². The van der Waals surface area contributed by atoms with E-state index in [9.17, 15) is 4.79 Å². The van der Waals surface area contributed by atoms with Crippen LogP contribution in [0.15, 0.2) is 72.9 Å². The van der Waals surface area contributed by atoms with Gasteiger partial charge in [-0.1, -0.05) is 55.5 Å². The molecule has 0 saturated carbocycles. The molecule has 1 heterocycles. The number of allylic oxidation sites excluding steroid dienone is 1. The van der Waals surface area contributed by atoms with Crippen LogP contribution < -0.4 is 10.2 Å². The van der Waals surface area contributed by atoms with Crippen molar-refractivity contribution in [3.63, 3.8) is 0 Å². The summed E-state index contributed by atoms with van der Waals surface area (Å²) in [5, 5.41) is 9.01. The van der Waals surface area contributed by atoms with Crippen molar-refractivity contribution in [3.05, 3.63) is 89.6 Å². The van der Waals surface area contributed by atoms with Crippen LogP contribution in [0.3, 0.4) is 0 Å². The number of hydroxylamine groups is 1. The maximum absolute atomic E-state index is 11.0. The van der Waals surface area contributed by atoms with Crippen LogP contribution in [0, 0.1) is 6.92 Å². The van der Waals surface area contributed by atoms with Crippen LogP contribution in [-0.2, 0) is 16.1 Å². The van der Waals surface area contributed by atoms with Crippen LogP contribution >= 0.6 is 0 Å². The third-order valence-corrected chi connectivity index (χ3v) is 4.93. The van der Waals surface area contributed by atoms with Gasteiger partial charge in [0, 0.05) is 11.8 Å². The molecule has 2 aromatic carbocycles. The minimum absolute atomic E-state index is 0.0224. The standard InChI is InChI=1S/C26H28N2O4/c1-3-7-24(21-13-11-20(12-14-21)23-9-4-5-15-27-23)28-32-17-16-31-25-10-6-8-22(19(25)2)18-26(29)30/h4-15,28H,3,16-18H2,1-2H3,(H,29,30). The fourth-order valence-electron chi connectivity index (χ4n) is 3.27. The van der Waals surface area contributed by atoms with Gasteiger partial charge in [0.2, 0.25) is 0 Å². The molecule has 2 N–H and O–H groups in total. The Labute approximate surface area is 188 Å². The molecule has 0 fully saturated rings. The first-order valence-electron chi connectivity index (χ1n) is 10.6. The summed E-state index contributed by atoms with van der Waals surface area (Å²) in [5.41, 5.74) is 8.50. The molecule has 6 nitrogen and oxygen atoms in total. The lowest BCUT2D eigenvalue weighted by molar-refractivity contribution is -0.136. The molecule has 0 unspecified atom stereocenters. The van der Waals surface area contributed by atoms with E-state index in [1.54, 1.807) is 18.3 Å². The zero-order valence-corrected chi connectivity index (χ0v) is 18.4. The Balaban J connectivity index is 1.53. The molecular weight excluding hydrogens is 404 g/mol. The number of benzene rings is 2. The Kier molecular flexibility index (Phi) is 8.40. The highest BCUT2D eigenvalue weighted by atomic mass is 16.7. The maximum Gasteiger partial charge on any atom is 0.307 e. The Morgan fingerprint density at radius 3 is 2.56 bits per heavy atom. The molecule has 3 rings (SSSR count). The molecule has 166 valence electrons. The van der Waals surface area contributed by atoms with Gasteiger partial charge >= 0.3 is 5.97 Å². The number of aliphatic carboxylic acids is 1. The second-order valence-corrected chi connectivity index (χ2v) is 7.23. The van der Waals surface area contributed by atoms with Crippen molar-refractivity contribution in [2.45, 2.75) is 26.7 Å². The van der Waals surface area contributed by atoms with Crippen LogP contribution in [0.25, 0.3) is 17.0 Å². The predicted molar refractivity (Wildman–Crippen MR) is 125 cm³/mol. The summed E-state index contributed by atoms with van der Waals surface area (Å²) in [6.07, 6.45) is 4.69. The number of aromatic nitrogens is 1. The van der Waals surface area contributed by atoms with Crippen molar-refractivity contribution < 1.29 is 19.5 Å². The molecule has 0 aliphatic heterocycles. The number of carboxylic acids is 1. The molecule has 0 atom stereocenters. The van der Waals surface area contributed by atoms with Crippen LogP contribution in [0.4, 0.5) is 0 Å². The second-order valence-electron chi connectivity index (χ2n) is 7.23. The van der Waals surface area contributed by atoms with Gasteiger partial charge in [0.05, 0.1) is 17.8 Å². The van der Waals surface area contributed by atoms with Gasteiger partial charge in [0.15, 0.2) is 0 Å². The maximum atomic E-state index is 11.0. The lowest BCUT2D eigenvalue weighted by Crippen LogP contribution is -2.18. The Hall–Kier alpha value is -3.64. The fraction of sp³-hybridized carbons (Fsp3) is 0.231. The van der Waals surface area contributed by atoms with E-state index in [1.165, 1.54) is 0 Å². The van der Waals surface area contributed by atoms with Gasteiger partial charge in [-0.25, -0.2) is 0 Å². The quantitative estimate of drug-likeness (QED) is 0.327. The highest BCUT2D eigenvalue weighted by Gasteiger charge is 2.09. The number of pyridine rings is 1. The first kappa shape index (κ1) is 23.0. The summed E-state index contributed by atoms with van der Waals surface area (Å²) in [6, 6.07) is 19.5.